The minimum atomic E-state index is -1.12. The first-order chi connectivity index (χ1) is 10.1. The zero-order valence-electron chi connectivity index (χ0n) is 12.1. The number of hydrogen-bond acceptors (Lipinski definition) is 5. The van der Waals surface area contributed by atoms with Crippen molar-refractivity contribution in [2.24, 2.45) is 5.92 Å². The average Bonchev–Trinajstić information content (AvgIpc) is 2.88. The highest BCUT2D eigenvalue weighted by atomic mass is 16.5. The summed E-state index contributed by atoms with van der Waals surface area (Å²) in [5.74, 6) is -0.671. The molecule has 0 unspecified atom stereocenters. The SMILES string of the molecule is CC(C)COCCn1nnc(C(=O)O)c1-c1ccccn1. The van der Waals surface area contributed by atoms with Gasteiger partial charge in [0.05, 0.1) is 18.8 Å². The van der Waals surface area contributed by atoms with Crippen LogP contribution in [0.1, 0.15) is 24.3 Å². The summed E-state index contributed by atoms with van der Waals surface area (Å²) >= 11 is 0. The topological polar surface area (TPSA) is 90.1 Å². The van der Waals surface area contributed by atoms with E-state index in [9.17, 15) is 9.90 Å². The van der Waals surface area contributed by atoms with E-state index in [1.165, 1.54) is 4.68 Å². The molecule has 112 valence electrons. The van der Waals surface area contributed by atoms with Gasteiger partial charge in [-0.15, -0.1) is 5.10 Å². The van der Waals surface area contributed by atoms with Crippen LogP contribution in [0.5, 0.6) is 0 Å². The molecule has 0 atom stereocenters. The van der Waals surface area contributed by atoms with E-state index < -0.39 is 5.97 Å². The summed E-state index contributed by atoms with van der Waals surface area (Å²) in [6.07, 6.45) is 1.60. The van der Waals surface area contributed by atoms with E-state index in [0.29, 0.717) is 37.1 Å². The molecule has 2 aromatic rings. The molecule has 0 spiro atoms. The molecule has 0 saturated heterocycles. The molecule has 2 aromatic heterocycles. The molecule has 2 rings (SSSR count). The van der Waals surface area contributed by atoms with Crippen LogP contribution in [0, 0.1) is 5.92 Å². The minimum Gasteiger partial charge on any atom is -0.476 e. The minimum absolute atomic E-state index is 0.0995. The molecule has 21 heavy (non-hydrogen) atoms. The van der Waals surface area contributed by atoms with Gasteiger partial charge in [0.1, 0.15) is 5.69 Å². The predicted molar refractivity (Wildman–Crippen MR) is 75.9 cm³/mol. The molecule has 7 nitrogen and oxygen atoms in total. The van der Waals surface area contributed by atoms with E-state index in [1.54, 1.807) is 24.4 Å². The van der Waals surface area contributed by atoms with Crippen LogP contribution in [0.25, 0.3) is 11.4 Å². The second kappa shape index (κ2) is 6.94. The first kappa shape index (κ1) is 15.1. The molecule has 0 bridgehead atoms. The smallest absolute Gasteiger partial charge is 0.358 e. The van der Waals surface area contributed by atoms with Crippen molar-refractivity contribution in [1.29, 1.82) is 0 Å². The quantitative estimate of drug-likeness (QED) is 0.781. The van der Waals surface area contributed by atoms with E-state index in [0.717, 1.165) is 0 Å². The zero-order valence-corrected chi connectivity index (χ0v) is 12.1. The summed E-state index contributed by atoms with van der Waals surface area (Å²) in [6.45, 7) is 5.66. The number of ether oxygens (including phenoxy) is 1. The van der Waals surface area contributed by atoms with Gasteiger partial charge in [0.2, 0.25) is 0 Å². The van der Waals surface area contributed by atoms with E-state index in [-0.39, 0.29) is 5.69 Å². The van der Waals surface area contributed by atoms with Crippen molar-refractivity contribution in [2.45, 2.75) is 20.4 Å². The van der Waals surface area contributed by atoms with Crippen LogP contribution in [0.4, 0.5) is 0 Å². The van der Waals surface area contributed by atoms with Gasteiger partial charge in [-0.2, -0.15) is 0 Å². The number of carboxylic acid groups (broad SMARTS) is 1. The Morgan fingerprint density at radius 3 is 2.86 bits per heavy atom. The van der Waals surface area contributed by atoms with Gasteiger partial charge < -0.3 is 9.84 Å². The van der Waals surface area contributed by atoms with Gasteiger partial charge in [0.15, 0.2) is 5.69 Å². The number of rotatable bonds is 7. The van der Waals surface area contributed by atoms with Gasteiger partial charge in [-0.25, -0.2) is 9.48 Å². The van der Waals surface area contributed by atoms with Crippen LogP contribution in [0.3, 0.4) is 0 Å². The summed E-state index contributed by atoms with van der Waals surface area (Å²) in [4.78, 5) is 15.4. The first-order valence-electron chi connectivity index (χ1n) is 6.75. The highest BCUT2D eigenvalue weighted by Crippen LogP contribution is 2.19. The maximum Gasteiger partial charge on any atom is 0.358 e. The fraction of sp³-hybridized carbons (Fsp3) is 0.429. The van der Waals surface area contributed by atoms with E-state index in [2.05, 4.69) is 29.1 Å². The number of aromatic carboxylic acids is 1. The molecular formula is C14H18N4O3. The highest BCUT2D eigenvalue weighted by Gasteiger charge is 2.21. The molecule has 2 heterocycles. The van der Waals surface area contributed by atoms with Crippen LogP contribution < -0.4 is 0 Å². The number of hydrogen-bond donors (Lipinski definition) is 1. The first-order valence-corrected chi connectivity index (χ1v) is 6.75. The molecule has 0 saturated carbocycles. The third kappa shape index (κ3) is 3.85. The van der Waals surface area contributed by atoms with Gasteiger partial charge in [-0.3, -0.25) is 4.98 Å². The molecule has 0 radical (unpaired) electrons. The lowest BCUT2D eigenvalue weighted by Gasteiger charge is -2.09. The van der Waals surface area contributed by atoms with Gasteiger partial charge in [0.25, 0.3) is 0 Å². The Labute approximate surface area is 122 Å². The Hall–Kier alpha value is -2.28. The summed E-state index contributed by atoms with van der Waals surface area (Å²) in [5, 5.41) is 16.8. The molecule has 0 amide bonds. The van der Waals surface area contributed by atoms with Crippen molar-refractivity contribution in [3.05, 3.63) is 30.1 Å². The average molecular weight is 290 g/mol. The number of carboxylic acids is 1. The van der Waals surface area contributed by atoms with Crippen molar-refractivity contribution in [3.8, 4) is 11.4 Å². The fourth-order valence-corrected chi connectivity index (χ4v) is 1.84. The van der Waals surface area contributed by atoms with Crippen molar-refractivity contribution in [2.75, 3.05) is 13.2 Å². The highest BCUT2D eigenvalue weighted by molar-refractivity contribution is 5.92. The van der Waals surface area contributed by atoms with Gasteiger partial charge >= 0.3 is 5.97 Å². The summed E-state index contributed by atoms with van der Waals surface area (Å²) < 4.78 is 7.02. The van der Waals surface area contributed by atoms with E-state index in [1.807, 2.05) is 0 Å². The van der Waals surface area contributed by atoms with Crippen LogP contribution in [0.2, 0.25) is 0 Å². The lowest BCUT2D eigenvalue weighted by Crippen LogP contribution is -2.12. The second-order valence-electron chi connectivity index (χ2n) is 5.00. The summed E-state index contributed by atoms with van der Waals surface area (Å²) in [5.41, 5.74) is 0.831. The molecule has 0 aliphatic heterocycles. The van der Waals surface area contributed by atoms with Crippen molar-refractivity contribution >= 4 is 5.97 Å². The fourth-order valence-electron chi connectivity index (χ4n) is 1.84. The van der Waals surface area contributed by atoms with Crippen LogP contribution in [0.15, 0.2) is 24.4 Å². The Kier molecular flexibility index (Phi) is 4.99. The second-order valence-corrected chi connectivity index (χ2v) is 5.00. The number of pyridine rings is 1. The lowest BCUT2D eigenvalue weighted by molar-refractivity contribution is 0.0691. The monoisotopic (exact) mass is 290 g/mol. The molecule has 0 aromatic carbocycles. The van der Waals surface area contributed by atoms with Crippen molar-refractivity contribution in [1.82, 2.24) is 20.0 Å². The molecule has 0 aliphatic rings. The van der Waals surface area contributed by atoms with Gasteiger partial charge in [-0.05, 0) is 18.1 Å². The van der Waals surface area contributed by atoms with Crippen molar-refractivity contribution < 1.29 is 14.6 Å². The van der Waals surface area contributed by atoms with Crippen molar-refractivity contribution in [3.63, 3.8) is 0 Å². The predicted octanol–water partition coefficient (Wildman–Crippen LogP) is 1.71. The Morgan fingerprint density at radius 2 is 2.24 bits per heavy atom. The molecule has 0 fully saturated rings. The Balaban J connectivity index is 2.20. The standard InChI is InChI=1S/C14H18N4O3/c1-10(2)9-21-8-7-18-13(11-5-3-4-6-15-11)12(14(19)20)16-17-18/h3-6,10H,7-9H2,1-2H3,(H,19,20). The number of aromatic nitrogens is 4. The number of nitrogens with zero attached hydrogens (tertiary/aromatic N) is 4. The largest absolute Gasteiger partial charge is 0.476 e. The van der Waals surface area contributed by atoms with E-state index in [4.69, 9.17) is 4.74 Å². The Morgan fingerprint density at radius 1 is 1.43 bits per heavy atom. The van der Waals surface area contributed by atoms with E-state index >= 15 is 0 Å². The summed E-state index contributed by atoms with van der Waals surface area (Å²) in [7, 11) is 0. The third-order valence-corrected chi connectivity index (χ3v) is 2.74. The van der Waals surface area contributed by atoms with Crippen LogP contribution in [-0.4, -0.2) is 44.3 Å². The third-order valence-electron chi connectivity index (χ3n) is 2.74. The van der Waals surface area contributed by atoms with Crippen LogP contribution in [-0.2, 0) is 11.3 Å². The zero-order chi connectivity index (χ0) is 15.2. The molecule has 7 heteroatoms. The van der Waals surface area contributed by atoms with Gasteiger partial charge in [0, 0.05) is 12.8 Å². The molecule has 1 N–H and O–H groups in total. The molecule has 0 aliphatic carbocycles. The van der Waals surface area contributed by atoms with Crippen LogP contribution >= 0.6 is 0 Å². The maximum absolute atomic E-state index is 11.3. The molecular weight excluding hydrogens is 272 g/mol. The lowest BCUT2D eigenvalue weighted by atomic mass is 10.2. The van der Waals surface area contributed by atoms with Gasteiger partial charge in [-0.1, -0.05) is 25.1 Å². The normalized spacial score (nSPS) is 11.0. The maximum atomic E-state index is 11.3. The number of carbonyl (C=O) groups is 1. The Bertz CT molecular complexity index is 596. The summed E-state index contributed by atoms with van der Waals surface area (Å²) in [6, 6.07) is 5.29.